The summed E-state index contributed by atoms with van der Waals surface area (Å²) in [7, 11) is 0. The van der Waals surface area contributed by atoms with Gasteiger partial charge in [0.2, 0.25) is 5.95 Å². The zero-order valence-corrected chi connectivity index (χ0v) is 11.6. The number of nitrogens with two attached hydrogens (primary N) is 1. The minimum Gasteiger partial charge on any atom is -0.384 e. The third-order valence-electron chi connectivity index (χ3n) is 2.72. The van der Waals surface area contributed by atoms with Crippen LogP contribution < -0.4 is 5.73 Å². The molecule has 0 radical (unpaired) electrons. The van der Waals surface area contributed by atoms with E-state index in [1.54, 1.807) is 19.9 Å². The number of benzene rings is 1. The molecule has 2 aromatic rings. The highest BCUT2D eigenvalue weighted by molar-refractivity contribution is 6.30. The molecule has 0 bridgehead atoms. The van der Waals surface area contributed by atoms with E-state index in [1.165, 1.54) is 0 Å². The van der Waals surface area contributed by atoms with Crippen molar-refractivity contribution in [2.24, 2.45) is 0 Å². The van der Waals surface area contributed by atoms with Gasteiger partial charge in [-0.25, -0.2) is 9.97 Å². The second kappa shape index (κ2) is 5.15. The van der Waals surface area contributed by atoms with Crippen LogP contribution in [0.1, 0.15) is 30.8 Å². The zero-order chi connectivity index (χ0) is 14.0. The third-order valence-corrected chi connectivity index (χ3v) is 2.97. The lowest BCUT2D eigenvalue weighted by Gasteiger charge is -2.17. The van der Waals surface area contributed by atoms with Gasteiger partial charge < -0.3 is 10.8 Å². The molecule has 0 fully saturated rings. The molecule has 0 atom stereocenters. The van der Waals surface area contributed by atoms with Crippen LogP contribution in [0.25, 0.3) is 0 Å². The van der Waals surface area contributed by atoms with Crippen molar-refractivity contribution in [3.05, 3.63) is 52.3 Å². The van der Waals surface area contributed by atoms with Crippen LogP contribution in [-0.2, 0) is 12.0 Å². The highest BCUT2D eigenvalue weighted by Gasteiger charge is 2.19. The van der Waals surface area contributed by atoms with Crippen LogP contribution in [0.5, 0.6) is 0 Å². The first kappa shape index (κ1) is 13.8. The lowest BCUT2D eigenvalue weighted by Crippen LogP contribution is -2.19. The molecule has 3 N–H and O–H groups in total. The lowest BCUT2D eigenvalue weighted by atomic mass is 10.0. The topological polar surface area (TPSA) is 72.0 Å². The number of rotatable bonds is 3. The summed E-state index contributed by atoms with van der Waals surface area (Å²) < 4.78 is 0. The molecule has 0 saturated carbocycles. The molecule has 5 heteroatoms. The molecule has 0 unspecified atom stereocenters. The Hall–Kier alpha value is -1.65. The van der Waals surface area contributed by atoms with Crippen molar-refractivity contribution >= 4 is 17.5 Å². The fourth-order valence-electron chi connectivity index (χ4n) is 1.73. The average molecular weight is 278 g/mol. The van der Waals surface area contributed by atoms with E-state index in [2.05, 4.69) is 9.97 Å². The van der Waals surface area contributed by atoms with Gasteiger partial charge in [-0.15, -0.1) is 0 Å². The van der Waals surface area contributed by atoms with Crippen LogP contribution >= 0.6 is 11.6 Å². The Balaban J connectivity index is 2.30. The molecule has 4 nitrogen and oxygen atoms in total. The molecule has 1 aromatic carbocycles. The number of hydrogen-bond acceptors (Lipinski definition) is 4. The van der Waals surface area contributed by atoms with E-state index in [-0.39, 0.29) is 5.95 Å². The van der Waals surface area contributed by atoms with Crippen molar-refractivity contribution < 1.29 is 5.11 Å². The van der Waals surface area contributed by atoms with Crippen LogP contribution in [0, 0.1) is 0 Å². The molecule has 0 aliphatic heterocycles. The maximum atomic E-state index is 9.98. The number of hydrogen-bond donors (Lipinski definition) is 2. The maximum Gasteiger partial charge on any atom is 0.220 e. The predicted octanol–water partition coefficient (Wildman–Crippen LogP) is 2.53. The minimum atomic E-state index is -1.04. The van der Waals surface area contributed by atoms with Crippen molar-refractivity contribution in [3.63, 3.8) is 0 Å². The summed E-state index contributed by atoms with van der Waals surface area (Å²) in [4.78, 5) is 8.24. The van der Waals surface area contributed by atoms with Gasteiger partial charge in [-0.05, 0) is 37.6 Å². The van der Waals surface area contributed by atoms with Gasteiger partial charge in [0.05, 0.1) is 11.4 Å². The van der Waals surface area contributed by atoms with Crippen LogP contribution in [0.15, 0.2) is 30.3 Å². The van der Waals surface area contributed by atoms with E-state index in [1.807, 2.05) is 24.3 Å². The lowest BCUT2D eigenvalue weighted by molar-refractivity contribution is 0.0737. The van der Waals surface area contributed by atoms with Crippen LogP contribution in [0.4, 0.5) is 5.95 Å². The van der Waals surface area contributed by atoms with Gasteiger partial charge in [-0.3, -0.25) is 0 Å². The van der Waals surface area contributed by atoms with Crippen LogP contribution in [-0.4, -0.2) is 15.1 Å². The number of aromatic nitrogens is 2. The Labute approximate surface area is 117 Å². The normalized spacial score (nSPS) is 11.6. The smallest absolute Gasteiger partial charge is 0.220 e. The number of aliphatic hydroxyl groups is 1. The molecule has 2 rings (SSSR count). The molecule has 19 heavy (non-hydrogen) atoms. The molecular weight excluding hydrogens is 262 g/mol. The van der Waals surface area contributed by atoms with Gasteiger partial charge >= 0.3 is 0 Å². The van der Waals surface area contributed by atoms with Gasteiger partial charge in [0.25, 0.3) is 0 Å². The van der Waals surface area contributed by atoms with Crippen molar-refractivity contribution in [1.29, 1.82) is 0 Å². The Morgan fingerprint density at radius 3 is 2.42 bits per heavy atom. The summed E-state index contributed by atoms with van der Waals surface area (Å²) in [5.41, 5.74) is 7.00. The van der Waals surface area contributed by atoms with Gasteiger partial charge in [0.15, 0.2) is 0 Å². The largest absolute Gasteiger partial charge is 0.384 e. The third kappa shape index (κ3) is 3.66. The van der Waals surface area contributed by atoms with Gasteiger partial charge in [0.1, 0.15) is 5.60 Å². The molecule has 0 amide bonds. The van der Waals surface area contributed by atoms with Crippen molar-refractivity contribution in [1.82, 2.24) is 9.97 Å². The Morgan fingerprint density at radius 1 is 1.21 bits per heavy atom. The van der Waals surface area contributed by atoms with E-state index in [0.29, 0.717) is 17.1 Å². The highest BCUT2D eigenvalue weighted by atomic mass is 35.5. The maximum absolute atomic E-state index is 9.98. The Bertz CT molecular complexity index is 576. The summed E-state index contributed by atoms with van der Waals surface area (Å²) in [6, 6.07) is 9.30. The highest BCUT2D eigenvalue weighted by Crippen LogP contribution is 2.20. The van der Waals surface area contributed by atoms with E-state index in [9.17, 15) is 5.11 Å². The van der Waals surface area contributed by atoms with Crippen molar-refractivity contribution in [2.75, 3.05) is 5.73 Å². The summed E-state index contributed by atoms with van der Waals surface area (Å²) in [5.74, 6) is 0.170. The van der Waals surface area contributed by atoms with Crippen molar-refractivity contribution in [3.8, 4) is 0 Å². The summed E-state index contributed by atoms with van der Waals surface area (Å²) in [5, 5.41) is 10.7. The number of anilines is 1. The molecule has 0 aliphatic rings. The van der Waals surface area contributed by atoms with Crippen LogP contribution in [0.3, 0.4) is 0 Å². The zero-order valence-electron chi connectivity index (χ0n) is 10.9. The molecule has 1 heterocycles. The number of nitrogens with zero attached hydrogens (tertiary/aromatic N) is 2. The first-order valence-electron chi connectivity index (χ1n) is 5.95. The molecule has 1 aromatic heterocycles. The van der Waals surface area contributed by atoms with E-state index >= 15 is 0 Å². The summed E-state index contributed by atoms with van der Waals surface area (Å²) >= 11 is 5.85. The number of nitrogen functional groups attached to an aromatic ring is 1. The Kier molecular flexibility index (Phi) is 3.73. The molecule has 100 valence electrons. The monoisotopic (exact) mass is 277 g/mol. The minimum absolute atomic E-state index is 0.170. The number of halogens is 1. The first-order valence-corrected chi connectivity index (χ1v) is 6.33. The molecule has 0 saturated heterocycles. The standard InChI is InChI=1S/C14H16ClN3O/c1-14(2,19)12-8-11(17-13(16)18-12)7-9-3-5-10(15)6-4-9/h3-6,8,19H,7H2,1-2H3,(H2,16,17,18). The van der Waals surface area contributed by atoms with E-state index in [0.717, 1.165) is 11.3 Å². The molecular formula is C14H16ClN3O. The quantitative estimate of drug-likeness (QED) is 0.904. The average Bonchev–Trinajstić information content (AvgIpc) is 2.30. The molecule has 0 aliphatic carbocycles. The second-order valence-electron chi connectivity index (χ2n) is 4.96. The first-order chi connectivity index (χ1) is 8.84. The van der Waals surface area contributed by atoms with Crippen LogP contribution in [0.2, 0.25) is 5.02 Å². The molecule has 0 spiro atoms. The fraction of sp³-hybridized carbons (Fsp3) is 0.286. The van der Waals surface area contributed by atoms with Crippen molar-refractivity contribution in [2.45, 2.75) is 25.9 Å². The summed E-state index contributed by atoms with van der Waals surface area (Å²) in [6.45, 7) is 3.34. The van der Waals surface area contributed by atoms with E-state index in [4.69, 9.17) is 17.3 Å². The predicted molar refractivity (Wildman–Crippen MR) is 75.9 cm³/mol. The van der Waals surface area contributed by atoms with E-state index < -0.39 is 5.60 Å². The SMILES string of the molecule is CC(C)(O)c1cc(Cc2ccc(Cl)cc2)nc(N)n1. The summed E-state index contributed by atoms with van der Waals surface area (Å²) in [6.07, 6.45) is 0.618. The van der Waals surface area contributed by atoms with Gasteiger partial charge in [-0.2, -0.15) is 0 Å². The second-order valence-corrected chi connectivity index (χ2v) is 5.40. The van der Waals surface area contributed by atoms with Gasteiger partial charge in [-0.1, -0.05) is 23.7 Å². The fourth-order valence-corrected chi connectivity index (χ4v) is 1.86. The van der Waals surface area contributed by atoms with Gasteiger partial charge in [0, 0.05) is 11.4 Å². The Morgan fingerprint density at radius 2 is 1.84 bits per heavy atom.